The first-order chi connectivity index (χ1) is 8.50. The quantitative estimate of drug-likeness (QED) is 0.907. The van der Waals surface area contributed by atoms with Gasteiger partial charge in [-0.05, 0) is 37.7 Å². The molecule has 0 aliphatic rings. The van der Waals surface area contributed by atoms with Crippen LogP contribution in [-0.4, -0.2) is 19.5 Å². The van der Waals surface area contributed by atoms with Crippen LogP contribution in [-0.2, 0) is 5.67 Å². The maximum absolute atomic E-state index is 14.6. The molecule has 0 fully saturated rings. The summed E-state index contributed by atoms with van der Waals surface area (Å²) in [5.41, 5.74) is -2.22. The SMILES string of the molecule is CNC(C)C(F)(c1ccc2occc2c1)C(F)F. The molecule has 0 amide bonds. The van der Waals surface area contributed by atoms with Crippen LogP contribution >= 0.6 is 0 Å². The highest BCUT2D eigenvalue weighted by molar-refractivity contribution is 5.78. The Labute approximate surface area is 103 Å². The van der Waals surface area contributed by atoms with Gasteiger partial charge in [0, 0.05) is 11.4 Å². The number of likely N-dealkylation sites (N-methyl/N-ethyl adjacent to an activating group) is 1. The van der Waals surface area contributed by atoms with Crippen LogP contribution in [0.4, 0.5) is 13.2 Å². The predicted octanol–water partition coefficient (Wildman–Crippen LogP) is 3.47. The van der Waals surface area contributed by atoms with Crippen molar-refractivity contribution in [2.24, 2.45) is 0 Å². The Bertz CT molecular complexity index is 540. The van der Waals surface area contributed by atoms with E-state index < -0.39 is 18.1 Å². The zero-order valence-electron chi connectivity index (χ0n) is 10.1. The van der Waals surface area contributed by atoms with Crippen LogP contribution in [0.5, 0.6) is 0 Å². The number of halogens is 3. The number of hydrogen-bond donors (Lipinski definition) is 1. The fourth-order valence-corrected chi connectivity index (χ4v) is 1.98. The summed E-state index contributed by atoms with van der Waals surface area (Å²) in [5.74, 6) is 0. The molecule has 98 valence electrons. The average molecular weight is 257 g/mol. The molecular weight excluding hydrogens is 243 g/mol. The van der Waals surface area contributed by atoms with Gasteiger partial charge in [-0.2, -0.15) is 0 Å². The number of nitrogens with one attached hydrogen (secondary N) is 1. The first kappa shape index (κ1) is 13.0. The van der Waals surface area contributed by atoms with E-state index >= 15 is 0 Å². The fraction of sp³-hybridized carbons (Fsp3) is 0.385. The molecule has 1 heterocycles. The minimum Gasteiger partial charge on any atom is -0.464 e. The van der Waals surface area contributed by atoms with Crippen molar-refractivity contribution in [2.45, 2.75) is 25.1 Å². The summed E-state index contributed by atoms with van der Waals surface area (Å²) in [5, 5.41) is 3.16. The normalized spacial score (nSPS) is 17.0. The van der Waals surface area contributed by atoms with Gasteiger partial charge in [-0.15, -0.1) is 0 Å². The van der Waals surface area contributed by atoms with Crippen LogP contribution in [0, 0.1) is 0 Å². The Balaban J connectivity index is 2.53. The molecule has 0 saturated heterocycles. The molecule has 2 nitrogen and oxygen atoms in total. The maximum Gasteiger partial charge on any atom is 0.277 e. The summed E-state index contributed by atoms with van der Waals surface area (Å²) in [6.45, 7) is 1.39. The largest absolute Gasteiger partial charge is 0.464 e. The smallest absolute Gasteiger partial charge is 0.277 e. The highest BCUT2D eigenvalue weighted by atomic mass is 19.3. The second-order valence-corrected chi connectivity index (χ2v) is 4.25. The third-order valence-electron chi connectivity index (χ3n) is 3.28. The molecule has 0 aliphatic heterocycles. The zero-order valence-corrected chi connectivity index (χ0v) is 10.1. The summed E-state index contributed by atoms with van der Waals surface area (Å²) < 4.78 is 45.9. The van der Waals surface area contributed by atoms with E-state index in [1.807, 2.05) is 0 Å². The van der Waals surface area contributed by atoms with Crippen LogP contribution in [0.15, 0.2) is 34.9 Å². The number of benzene rings is 1. The van der Waals surface area contributed by atoms with Gasteiger partial charge in [-0.25, -0.2) is 13.2 Å². The molecule has 5 heteroatoms. The first-order valence-electron chi connectivity index (χ1n) is 5.62. The van der Waals surface area contributed by atoms with Gasteiger partial charge < -0.3 is 9.73 Å². The summed E-state index contributed by atoms with van der Waals surface area (Å²) in [7, 11) is 1.46. The zero-order chi connectivity index (χ0) is 13.3. The monoisotopic (exact) mass is 257 g/mol. The Morgan fingerprint density at radius 3 is 2.61 bits per heavy atom. The van der Waals surface area contributed by atoms with Gasteiger partial charge in [0.1, 0.15) is 5.58 Å². The number of hydrogen-bond acceptors (Lipinski definition) is 2. The molecule has 0 radical (unpaired) electrons. The predicted molar refractivity (Wildman–Crippen MR) is 63.5 cm³/mol. The lowest BCUT2D eigenvalue weighted by Gasteiger charge is -2.31. The van der Waals surface area contributed by atoms with Gasteiger partial charge in [-0.1, -0.05) is 6.07 Å². The molecular formula is C13H14F3NO. The second-order valence-electron chi connectivity index (χ2n) is 4.25. The van der Waals surface area contributed by atoms with E-state index in [0.717, 1.165) is 0 Å². The van der Waals surface area contributed by atoms with Gasteiger partial charge in [0.15, 0.2) is 0 Å². The Morgan fingerprint density at radius 1 is 1.28 bits per heavy atom. The standard InChI is InChI=1S/C13H14F3NO/c1-8(17-2)13(16,12(14)15)10-3-4-11-9(7-10)5-6-18-11/h3-8,12,17H,1-2H3. The van der Waals surface area contributed by atoms with Crippen LogP contribution in [0.2, 0.25) is 0 Å². The summed E-state index contributed by atoms with van der Waals surface area (Å²) in [6, 6.07) is 4.87. The van der Waals surface area contributed by atoms with E-state index in [9.17, 15) is 13.2 Å². The van der Waals surface area contributed by atoms with Gasteiger partial charge >= 0.3 is 0 Å². The molecule has 0 aliphatic carbocycles. The van der Waals surface area contributed by atoms with E-state index in [1.165, 1.54) is 38.4 Å². The molecule has 0 bridgehead atoms. The lowest BCUT2D eigenvalue weighted by atomic mass is 9.88. The second kappa shape index (κ2) is 4.65. The molecule has 1 aromatic heterocycles. The highest BCUT2D eigenvalue weighted by Gasteiger charge is 2.47. The van der Waals surface area contributed by atoms with Gasteiger partial charge in [-0.3, -0.25) is 0 Å². The molecule has 2 aromatic rings. The van der Waals surface area contributed by atoms with Crippen LogP contribution < -0.4 is 5.32 Å². The Morgan fingerprint density at radius 2 is 2.00 bits per heavy atom. The van der Waals surface area contributed by atoms with E-state index in [-0.39, 0.29) is 5.56 Å². The molecule has 1 N–H and O–H groups in total. The van der Waals surface area contributed by atoms with Crippen LogP contribution in [0.25, 0.3) is 11.0 Å². The number of fused-ring (bicyclic) bond motifs is 1. The lowest BCUT2D eigenvalue weighted by molar-refractivity contribution is -0.0588. The third-order valence-corrected chi connectivity index (χ3v) is 3.28. The molecule has 0 saturated carbocycles. The molecule has 2 rings (SSSR count). The minimum absolute atomic E-state index is 0.0479. The Kier molecular flexibility index (Phi) is 3.34. The van der Waals surface area contributed by atoms with Crippen molar-refractivity contribution in [3.05, 3.63) is 36.1 Å². The molecule has 1 aromatic carbocycles. The van der Waals surface area contributed by atoms with Crippen molar-refractivity contribution in [1.82, 2.24) is 5.32 Å². The summed E-state index contributed by atoms with van der Waals surface area (Å²) >= 11 is 0. The molecule has 0 spiro atoms. The van der Waals surface area contributed by atoms with Crippen molar-refractivity contribution >= 4 is 11.0 Å². The Hall–Kier alpha value is -1.49. The molecule has 18 heavy (non-hydrogen) atoms. The van der Waals surface area contributed by atoms with E-state index in [0.29, 0.717) is 11.0 Å². The minimum atomic E-state index is -3.11. The van der Waals surface area contributed by atoms with Crippen LogP contribution in [0.3, 0.4) is 0 Å². The average Bonchev–Trinajstić information content (AvgIpc) is 2.83. The molecule has 2 unspecified atom stereocenters. The number of furan rings is 1. The van der Waals surface area contributed by atoms with E-state index in [2.05, 4.69) is 5.32 Å². The van der Waals surface area contributed by atoms with Gasteiger partial charge in [0.05, 0.1) is 6.26 Å². The van der Waals surface area contributed by atoms with Crippen molar-refractivity contribution in [2.75, 3.05) is 7.05 Å². The fourth-order valence-electron chi connectivity index (χ4n) is 1.98. The number of alkyl halides is 3. The molecule has 2 atom stereocenters. The van der Waals surface area contributed by atoms with E-state index in [1.54, 1.807) is 6.07 Å². The van der Waals surface area contributed by atoms with E-state index in [4.69, 9.17) is 4.42 Å². The van der Waals surface area contributed by atoms with Crippen molar-refractivity contribution in [3.63, 3.8) is 0 Å². The van der Waals surface area contributed by atoms with Gasteiger partial charge in [0.25, 0.3) is 6.43 Å². The van der Waals surface area contributed by atoms with Gasteiger partial charge in [0.2, 0.25) is 5.67 Å². The van der Waals surface area contributed by atoms with Crippen molar-refractivity contribution < 1.29 is 17.6 Å². The van der Waals surface area contributed by atoms with Crippen LogP contribution in [0.1, 0.15) is 12.5 Å². The third kappa shape index (κ3) is 1.88. The number of rotatable bonds is 4. The summed E-state index contributed by atoms with van der Waals surface area (Å²) in [4.78, 5) is 0. The van der Waals surface area contributed by atoms with Crippen molar-refractivity contribution in [3.8, 4) is 0 Å². The topological polar surface area (TPSA) is 25.2 Å². The summed E-state index contributed by atoms with van der Waals surface area (Å²) in [6.07, 6.45) is -1.66. The lowest BCUT2D eigenvalue weighted by Crippen LogP contribution is -2.47. The highest BCUT2D eigenvalue weighted by Crippen LogP contribution is 2.37. The maximum atomic E-state index is 14.6. The first-order valence-corrected chi connectivity index (χ1v) is 5.62. The van der Waals surface area contributed by atoms with Crippen molar-refractivity contribution in [1.29, 1.82) is 0 Å².